The van der Waals surface area contributed by atoms with E-state index in [1.807, 2.05) is 29.2 Å². The second kappa shape index (κ2) is 10.3. The van der Waals surface area contributed by atoms with Gasteiger partial charge < -0.3 is 20.0 Å². The molecule has 29 heavy (non-hydrogen) atoms. The van der Waals surface area contributed by atoms with Crippen LogP contribution in [0.1, 0.15) is 12.5 Å². The van der Waals surface area contributed by atoms with Crippen molar-refractivity contribution >= 4 is 57.9 Å². The van der Waals surface area contributed by atoms with Crippen LogP contribution < -0.4 is 15.1 Å². The number of hydrogen-bond acceptors (Lipinski definition) is 4. The molecule has 0 bridgehead atoms. The Kier molecular flexibility index (Phi) is 7.77. The number of benzene rings is 1. The number of carbonyl (C=O) groups is 1. The summed E-state index contributed by atoms with van der Waals surface area (Å²) in [7, 11) is 0. The highest BCUT2D eigenvalue weighted by Gasteiger charge is 2.26. The molecule has 6 nitrogen and oxygen atoms in total. The molecule has 2 aliphatic rings. The Labute approximate surface area is 193 Å². The van der Waals surface area contributed by atoms with Gasteiger partial charge in [-0.3, -0.25) is 9.79 Å². The number of piperazine rings is 1. The van der Waals surface area contributed by atoms with E-state index in [1.54, 1.807) is 11.3 Å². The third kappa shape index (κ3) is 5.03. The van der Waals surface area contributed by atoms with Gasteiger partial charge in [0.25, 0.3) is 0 Å². The van der Waals surface area contributed by atoms with Crippen LogP contribution in [0.15, 0.2) is 46.8 Å². The first-order chi connectivity index (χ1) is 13.8. The monoisotopic (exact) mass is 525 g/mol. The van der Waals surface area contributed by atoms with Crippen molar-refractivity contribution in [3.8, 4) is 0 Å². The number of fused-ring (bicyclic) bond motifs is 1. The second-order valence-corrected chi connectivity index (χ2v) is 7.94. The predicted molar refractivity (Wildman–Crippen MR) is 132 cm³/mol. The van der Waals surface area contributed by atoms with Crippen LogP contribution in [-0.2, 0) is 11.2 Å². The predicted octanol–water partition coefficient (Wildman–Crippen LogP) is 3.04. The van der Waals surface area contributed by atoms with Crippen molar-refractivity contribution in [2.45, 2.75) is 13.3 Å². The first kappa shape index (κ1) is 21.9. The summed E-state index contributed by atoms with van der Waals surface area (Å²) in [5, 5.41) is 6.88. The van der Waals surface area contributed by atoms with Crippen LogP contribution in [0.25, 0.3) is 0 Å². The number of guanidine groups is 1. The molecule has 0 unspecified atom stereocenters. The van der Waals surface area contributed by atoms with Crippen LogP contribution in [0.5, 0.6) is 0 Å². The van der Waals surface area contributed by atoms with E-state index in [-0.39, 0.29) is 29.9 Å². The average molecular weight is 525 g/mol. The lowest BCUT2D eigenvalue weighted by Gasteiger charge is -2.37. The number of aliphatic imine (C=N–C) groups is 1. The maximum atomic E-state index is 12.3. The van der Waals surface area contributed by atoms with Gasteiger partial charge in [-0.1, -0.05) is 18.2 Å². The first-order valence-electron chi connectivity index (χ1n) is 9.96. The molecule has 4 rings (SSSR count). The maximum Gasteiger partial charge on any atom is 0.231 e. The minimum atomic E-state index is 0. The second-order valence-electron chi connectivity index (χ2n) is 7.01. The van der Waals surface area contributed by atoms with Crippen molar-refractivity contribution in [3.05, 3.63) is 47.3 Å². The minimum Gasteiger partial charge on any atom is -0.360 e. The van der Waals surface area contributed by atoms with Gasteiger partial charge >= 0.3 is 0 Å². The number of rotatable bonds is 5. The van der Waals surface area contributed by atoms with Gasteiger partial charge in [-0.25, -0.2) is 0 Å². The van der Waals surface area contributed by atoms with Crippen molar-refractivity contribution in [1.29, 1.82) is 0 Å². The first-order valence-corrected chi connectivity index (χ1v) is 10.8. The van der Waals surface area contributed by atoms with Crippen LogP contribution >= 0.6 is 35.3 Å². The van der Waals surface area contributed by atoms with Crippen molar-refractivity contribution in [3.63, 3.8) is 0 Å². The lowest BCUT2D eigenvalue weighted by Crippen LogP contribution is -2.52. The molecule has 3 heterocycles. The molecule has 156 valence electrons. The van der Waals surface area contributed by atoms with Crippen LogP contribution in [0.3, 0.4) is 0 Å². The number of carbonyl (C=O) groups excluding carboxylic acids is 1. The largest absolute Gasteiger partial charge is 0.360 e. The zero-order chi connectivity index (χ0) is 19.3. The molecule has 1 aromatic carbocycles. The van der Waals surface area contributed by atoms with Gasteiger partial charge in [-0.05, 0) is 36.1 Å². The maximum absolute atomic E-state index is 12.3. The molecular formula is C21H28IN5OS. The molecule has 8 heteroatoms. The fraction of sp³-hybridized carbons (Fsp3) is 0.429. The number of anilines is 2. The summed E-state index contributed by atoms with van der Waals surface area (Å²) in [4.78, 5) is 23.8. The lowest BCUT2D eigenvalue weighted by molar-refractivity contribution is -0.117. The number of thiophene rings is 1. The molecule has 0 saturated carbocycles. The van der Waals surface area contributed by atoms with E-state index in [2.05, 4.69) is 39.6 Å². The molecule has 2 aliphatic heterocycles. The van der Waals surface area contributed by atoms with Gasteiger partial charge in [0.15, 0.2) is 5.96 Å². The summed E-state index contributed by atoms with van der Waals surface area (Å²) in [5.41, 5.74) is 2.16. The molecule has 1 N–H and O–H groups in total. The van der Waals surface area contributed by atoms with Gasteiger partial charge in [-0.2, -0.15) is 0 Å². The zero-order valence-corrected chi connectivity index (χ0v) is 19.9. The zero-order valence-electron chi connectivity index (χ0n) is 16.7. The highest BCUT2D eigenvalue weighted by Crippen LogP contribution is 2.28. The van der Waals surface area contributed by atoms with E-state index in [1.165, 1.54) is 5.00 Å². The van der Waals surface area contributed by atoms with E-state index < -0.39 is 0 Å². The number of amides is 1. The highest BCUT2D eigenvalue weighted by molar-refractivity contribution is 14.0. The Morgan fingerprint density at radius 1 is 1.14 bits per heavy atom. The SMILES string of the molecule is CCNC(=NCCN1C(=O)Cc2ccccc21)N1CCN(c2cccs2)CC1.I. The van der Waals surface area contributed by atoms with Gasteiger partial charge in [0.2, 0.25) is 5.91 Å². The Hall–Kier alpha value is -1.81. The van der Waals surface area contributed by atoms with E-state index >= 15 is 0 Å². The van der Waals surface area contributed by atoms with Crippen molar-refractivity contribution in [2.75, 3.05) is 55.6 Å². The quantitative estimate of drug-likeness (QED) is 0.371. The molecular weight excluding hydrogens is 497 g/mol. The standard InChI is InChI=1S/C21H27N5OS.HI/c1-2-22-21(25-13-11-24(12-14-25)20-8-5-15-28-20)23-9-10-26-18-7-4-3-6-17(18)16-19(26)27;/h3-8,15H,2,9-14,16H2,1H3,(H,22,23);1H. The molecule has 1 amide bonds. The van der Waals surface area contributed by atoms with Crippen molar-refractivity contribution < 1.29 is 4.79 Å². The number of nitrogens with one attached hydrogen (secondary N) is 1. The van der Waals surface area contributed by atoms with Crippen LogP contribution in [0, 0.1) is 0 Å². The van der Waals surface area contributed by atoms with E-state index in [0.29, 0.717) is 19.5 Å². The molecule has 0 spiro atoms. The summed E-state index contributed by atoms with van der Waals surface area (Å²) in [5.74, 6) is 1.12. The summed E-state index contributed by atoms with van der Waals surface area (Å²) in [6, 6.07) is 12.3. The number of para-hydroxylation sites is 1. The van der Waals surface area contributed by atoms with Crippen LogP contribution in [0.2, 0.25) is 0 Å². The van der Waals surface area contributed by atoms with E-state index in [4.69, 9.17) is 4.99 Å². The number of hydrogen-bond donors (Lipinski definition) is 1. The van der Waals surface area contributed by atoms with Crippen LogP contribution in [-0.4, -0.2) is 62.6 Å². The molecule has 0 atom stereocenters. The fourth-order valence-corrected chi connectivity index (χ4v) is 4.62. The number of halogens is 1. The molecule has 1 aromatic heterocycles. The van der Waals surface area contributed by atoms with Crippen molar-refractivity contribution in [1.82, 2.24) is 10.2 Å². The van der Waals surface area contributed by atoms with Gasteiger partial charge in [0.05, 0.1) is 18.0 Å². The Balaban J connectivity index is 0.00000240. The van der Waals surface area contributed by atoms with Crippen LogP contribution in [0.4, 0.5) is 10.7 Å². The Bertz CT molecular complexity index is 833. The smallest absolute Gasteiger partial charge is 0.231 e. The van der Waals surface area contributed by atoms with Crippen molar-refractivity contribution in [2.24, 2.45) is 4.99 Å². The fourth-order valence-electron chi connectivity index (χ4n) is 3.83. The normalized spacial score (nSPS) is 16.7. The third-order valence-electron chi connectivity index (χ3n) is 5.24. The Morgan fingerprint density at radius 3 is 2.66 bits per heavy atom. The summed E-state index contributed by atoms with van der Waals surface area (Å²) in [6.45, 7) is 8.08. The van der Waals surface area contributed by atoms with Gasteiger partial charge in [-0.15, -0.1) is 35.3 Å². The summed E-state index contributed by atoms with van der Waals surface area (Å²) < 4.78 is 0. The molecule has 0 aliphatic carbocycles. The summed E-state index contributed by atoms with van der Waals surface area (Å²) >= 11 is 1.80. The average Bonchev–Trinajstić information content (AvgIpc) is 3.36. The molecule has 1 saturated heterocycles. The highest BCUT2D eigenvalue weighted by atomic mass is 127. The third-order valence-corrected chi connectivity index (χ3v) is 6.17. The Morgan fingerprint density at radius 2 is 1.93 bits per heavy atom. The summed E-state index contributed by atoms with van der Waals surface area (Å²) in [6.07, 6.45) is 0.505. The minimum absolute atomic E-state index is 0. The van der Waals surface area contributed by atoms with E-state index in [0.717, 1.165) is 49.9 Å². The molecule has 0 radical (unpaired) electrons. The van der Waals surface area contributed by atoms with Gasteiger partial charge in [0, 0.05) is 45.0 Å². The van der Waals surface area contributed by atoms with E-state index in [9.17, 15) is 4.79 Å². The lowest BCUT2D eigenvalue weighted by atomic mass is 10.2. The number of nitrogens with zero attached hydrogens (tertiary/aromatic N) is 4. The topological polar surface area (TPSA) is 51.2 Å². The van der Waals surface area contributed by atoms with Gasteiger partial charge in [0.1, 0.15) is 0 Å². The molecule has 1 fully saturated rings. The molecule has 2 aromatic rings.